The first-order valence-electron chi connectivity index (χ1n) is 7.73. The van der Waals surface area contributed by atoms with Crippen LogP contribution in [0.2, 0.25) is 0 Å². The van der Waals surface area contributed by atoms with E-state index in [9.17, 15) is 4.79 Å². The molecule has 1 amide bonds. The second-order valence-corrected chi connectivity index (χ2v) is 6.39. The summed E-state index contributed by atoms with van der Waals surface area (Å²) in [6.07, 6.45) is 1.67. The fourth-order valence-corrected chi connectivity index (χ4v) is 3.22. The van der Waals surface area contributed by atoms with Crippen LogP contribution in [0.3, 0.4) is 0 Å². The summed E-state index contributed by atoms with van der Waals surface area (Å²) < 4.78 is 10.6. The Kier molecular flexibility index (Phi) is 5.43. The van der Waals surface area contributed by atoms with Gasteiger partial charge in [-0.3, -0.25) is 4.79 Å². The van der Waals surface area contributed by atoms with Crippen molar-refractivity contribution in [3.8, 4) is 5.75 Å². The van der Waals surface area contributed by atoms with Gasteiger partial charge in [0, 0.05) is 12.3 Å². The quantitative estimate of drug-likeness (QED) is 0.657. The zero-order valence-corrected chi connectivity index (χ0v) is 14.3. The lowest BCUT2D eigenvalue weighted by Crippen LogP contribution is -2.26. The first-order chi connectivity index (χ1) is 11.8. The predicted octanol–water partition coefficient (Wildman–Crippen LogP) is 4.10. The number of amides is 1. The Labute approximate surface area is 145 Å². The molecule has 5 heteroatoms. The fraction of sp³-hybridized carbons (Fsp3) is 0.211. The molecular weight excluding hydrogens is 322 g/mol. The van der Waals surface area contributed by atoms with Gasteiger partial charge in [0.1, 0.15) is 11.5 Å². The van der Waals surface area contributed by atoms with Gasteiger partial charge in [-0.1, -0.05) is 24.3 Å². The highest BCUT2D eigenvalue weighted by Gasteiger charge is 2.13. The molecular formula is C19H19NO3S. The molecule has 3 rings (SSSR count). The number of fused-ring (bicyclic) bond motifs is 1. The molecule has 3 aromatic rings. The van der Waals surface area contributed by atoms with Crippen LogP contribution in [-0.4, -0.2) is 25.3 Å². The summed E-state index contributed by atoms with van der Waals surface area (Å²) in [4.78, 5) is 12.4. The highest BCUT2D eigenvalue weighted by molar-refractivity contribution is 7.98. The number of methoxy groups -OCH3 is 1. The van der Waals surface area contributed by atoms with E-state index in [0.29, 0.717) is 17.9 Å². The van der Waals surface area contributed by atoms with E-state index >= 15 is 0 Å². The maximum atomic E-state index is 12.4. The normalized spacial score (nSPS) is 10.7. The van der Waals surface area contributed by atoms with Crippen molar-refractivity contribution in [2.75, 3.05) is 19.4 Å². The minimum absolute atomic E-state index is 0.115. The van der Waals surface area contributed by atoms with E-state index in [1.165, 1.54) is 0 Å². The van der Waals surface area contributed by atoms with Crippen LogP contribution < -0.4 is 10.1 Å². The highest BCUT2D eigenvalue weighted by Crippen LogP contribution is 2.25. The standard InChI is InChI=1S/C19H19NO3S/c1-22-18-12-15-6-3-2-5-14(15)11-17(18)19(21)20-8-10-24-13-16-7-4-9-23-16/h2-7,9,11-12H,8,10,13H2,1H3,(H,20,21). The minimum atomic E-state index is -0.115. The van der Waals surface area contributed by atoms with E-state index in [1.807, 2.05) is 48.5 Å². The van der Waals surface area contributed by atoms with E-state index in [4.69, 9.17) is 9.15 Å². The van der Waals surface area contributed by atoms with Crippen LogP contribution in [0.1, 0.15) is 16.1 Å². The zero-order valence-electron chi connectivity index (χ0n) is 13.5. The van der Waals surface area contributed by atoms with Crippen molar-refractivity contribution in [3.63, 3.8) is 0 Å². The van der Waals surface area contributed by atoms with Gasteiger partial charge < -0.3 is 14.5 Å². The van der Waals surface area contributed by atoms with Crippen LogP contribution in [0.4, 0.5) is 0 Å². The summed E-state index contributed by atoms with van der Waals surface area (Å²) in [7, 11) is 1.58. The third-order valence-electron chi connectivity index (χ3n) is 3.67. The first kappa shape index (κ1) is 16.5. The van der Waals surface area contributed by atoms with Gasteiger partial charge in [0.05, 0.1) is 24.7 Å². The van der Waals surface area contributed by atoms with Gasteiger partial charge in [-0.2, -0.15) is 11.8 Å². The number of carbonyl (C=O) groups excluding carboxylic acids is 1. The summed E-state index contributed by atoms with van der Waals surface area (Å²) in [6, 6.07) is 15.5. The van der Waals surface area contributed by atoms with Gasteiger partial charge in [-0.05, 0) is 35.0 Å². The third kappa shape index (κ3) is 3.92. The van der Waals surface area contributed by atoms with Crippen molar-refractivity contribution in [3.05, 3.63) is 66.1 Å². The zero-order chi connectivity index (χ0) is 16.8. The molecule has 0 atom stereocenters. The van der Waals surface area contributed by atoms with E-state index in [-0.39, 0.29) is 5.91 Å². The van der Waals surface area contributed by atoms with Gasteiger partial charge in [0.15, 0.2) is 0 Å². The maximum Gasteiger partial charge on any atom is 0.255 e. The first-order valence-corrected chi connectivity index (χ1v) is 8.88. The summed E-state index contributed by atoms with van der Waals surface area (Å²) in [5, 5.41) is 5.03. The summed E-state index contributed by atoms with van der Waals surface area (Å²) in [5.41, 5.74) is 0.562. The number of ether oxygens (including phenoxy) is 1. The monoisotopic (exact) mass is 341 g/mol. The Hall–Kier alpha value is -2.40. The molecule has 1 aromatic heterocycles. The average Bonchev–Trinajstić information content (AvgIpc) is 3.13. The van der Waals surface area contributed by atoms with E-state index in [1.54, 1.807) is 25.1 Å². The summed E-state index contributed by atoms with van der Waals surface area (Å²) in [5.74, 6) is 3.05. The fourth-order valence-electron chi connectivity index (χ4n) is 2.47. The molecule has 4 nitrogen and oxygen atoms in total. The number of carbonyl (C=O) groups is 1. The Morgan fingerprint density at radius 3 is 2.67 bits per heavy atom. The molecule has 1 N–H and O–H groups in total. The molecule has 0 unspecified atom stereocenters. The topological polar surface area (TPSA) is 51.5 Å². The molecule has 0 saturated heterocycles. The van der Waals surface area contributed by atoms with Crippen molar-refractivity contribution < 1.29 is 13.9 Å². The van der Waals surface area contributed by atoms with Gasteiger partial charge >= 0.3 is 0 Å². The molecule has 124 valence electrons. The number of thioether (sulfide) groups is 1. The molecule has 0 spiro atoms. The van der Waals surface area contributed by atoms with Crippen molar-refractivity contribution in [2.24, 2.45) is 0 Å². The van der Waals surface area contributed by atoms with Gasteiger partial charge in [-0.25, -0.2) is 0 Å². The summed E-state index contributed by atoms with van der Waals surface area (Å²) >= 11 is 1.72. The van der Waals surface area contributed by atoms with Crippen molar-refractivity contribution in [1.29, 1.82) is 0 Å². The number of furan rings is 1. The molecule has 0 bridgehead atoms. The van der Waals surface area contributed by atoms with E-state index in [0.717, 1.165) is 28.0 Å². The van der Waals surface area contributed by atoms with Crippen molar-refractivity contribution in [2.45, 2.75) is 5.75 Å². The van der Waals surface area contributed by atoms with Crippen LogP contribution in [-0.2, 0) is 5.75 Å². The van der Waals surface area contributed by atoms with Crippen LogP contribution in [0, 0.1) is 0 Å². The van der Waals surface area contributed by atoms with E-state index in [2.05, 4.69) is 5.32 Å². The molecule has 0 radical (unpaired) electrons. The Morgan fingerprint density at radius 2 is 1.96 bits per heavy atom. The molecule has 1 heterocycles. The highest BCUT2D eigenvalue weighted by atomic mass is 32.2. The van der Waals surface area contributed by atoms with Crippen LogP contribution in [0.5, 0.6) is 5.75 Å². The largest absolute Gasteiger partial charge is 0.496 e. The molecule has 0 aliphatic rings. The van der Waals surface area contributed by atoms with E-state index < -0.39 is 0 Å². The lowest BCUT2D eigenvalue weighted by Gasteiger charge is -2.11. The smallest absolute Gasteiger partial charge is 0.255 e. The van der Waals surface area contributed by atoms with Crippen molar-refractivity contribution in [1.82, 2.24) is 5.32 Å². The Morgan fingerprint density at radius 1 is 1.17 bits per heavy atom. The van der Waals surface area contributed by atoms with Gasteiger partial charge in [-0.15, -0.1) is 0 Å². The summed E-state index contributed by atoms with van der Waals surface area (Å²) in [6.45, 7) is 0.597. The molecule has 24 heavy (non-hydrogen) atoms. The predicted molar refractivity (Wildman–Crippen MR) is 97.7 cm³/mol. The van der Waals surface area contributed by atoms with Gasteiger partial charge in [0.25, 0.3) is 5.91 Å². The Bertz CT molecular complexity index is 815. The number of hydrogen-bond donors (Lipinski definition) is 1. The minimum Gasteiger partial charge on any atom is -0.496 e. The molecule has 0 saturated carbocycles. The lowest BCUT2D eigenvalue weighted by molar-refractivity contribution is 0.0953. The number of nitrogens with one attached hydrogen (secondary N) is 1. The molecule has 0 fully saturated rings. The lowest BCUT2D eigenvalue weighted by atomic mass is 10.1. The van der Waals surface area contributed by atoms with Crippen LogP contribution >= 0.6 is 11.8 Å². The average molecular weight is 341 g/mol. The number of benzene rings is 2. The Balaban J connectivity index is 1.58. The third-order valence-corrected chi connectivity index (χ3v) is 4.65. The molecule has 0 aliphatic heterocycles. The maximum absolute atomic E-state index is 12.4. The van der Waals surface area contributed by atoms with Crippen LogP contribution in [0.15, 0.2) is 59.2 Å². The second kappa shape index (κ2) is 7.93. The molecule has 2 aromatic carbocycles. The van der Waals surface area contributed by atoms with Crippen LogP contribution in [0.25, 0.3) is 10.8 Å². The SMILES string of the molecule is COc1cc2ccccc2cc1C(=O)NCCSCc1ccco1. The molecule has 0 aliphatic carbocycles. The van der Waals surface area contributed by atoms with Gasteiger partial charge in [0.2, 0.25) is 0 Å². The number of hydrogen-bond acceptors (Lipinski definition) is 4. The number of rotatable bonds is 7. The second-order valence-electron chi connectivity index (χ2n) is 5.29. The van der Waals surface area contributed by atoms with Crippen molar-refractivity contribution >= 4 is 28.4 Å².